The van der Waals surface area contributed by atoms with Gasteiger partial charge in [0.25, 0.3) is 0 Å². The van der Waals surface area contributed by atoms with E-state index in [4.69, 9.17) is 15.6 Å². The number of hydrogen-bond acceptors (Lipinski definition) is 6. The third-order valence-corrected chi connectivity index (χ3v) is 5.74. The molecule has 1 aliphatic heterocycles. The van der Waals surface area contributed by atoms with Gasteiger partial charge in [0.2, 0.25) is 10.0 Å². The molecule has 0 aromatic heterocycles. The fourth-order valence-corrected chi connectivity index (χ4v) is 3.63. The van der Waals surface area contributed by atoms with Gasteiger partial charge in [0, 0.05) is 19.2 Å². The fraction of sp³-hybridized carbons (Fsp3) is 0.571. The lowest BCUT2D eigenvalue weighted by Crippen LogP contribution is -2.51. The minimum Gasteiger partial charge on any atom is -0.485 e. The predicted molar refractivity (Wildman–Crippen MR) is 81.0 cm³/mol. The second-order valence-corrected chi connectivity index (χ2v) is 7.97. The molecule has 0 spiro atoms. The number of rotatable bonds is 4. The number of ether oxygens (including phenoxy) is 1. The number of fused-ring (bicyclic) bond motifs is 1. The van der Waals surface area contributed by atoms with Crippen LogP contribution in [-0.2, 0) is 10.0 Å². The number of benzene rings is 1. The zero-order chi connectivity index (χ0) is 16.7. The maximum Gasteiger partial charge on any atom is 0.242 e. The Bertz CT molecular complexity index is 659. The van der Waals surface area contributed by atoms with Crippen LogP contribution in [0.15, 0.2) is 23.1 Å². The molecule has 0 aliphatic carbocycles. The standard InChI is InChI=1S/C14H22N2O5S/c1-14(2)13(18)12(15)10-8-9(4-5-11(10)21-14)22(19,20)16(3)6-7-17/h4-5,8,12-13,17-18H,6-7,15H2,1-3H3/t12-,13+/m1/s1. The van der Waals surface area contributed by atoms with E-state index in [9.17, 15) is 13.5 Å². The molecule has 4 N–H and O–H groups in total. The van der Waals surface area contributed by atoms with Gasteiger partial charge < -0.3 is 20.7 Å². The zero-order valence-corrected chi connectivity index (χ0v) is 13.7. The predicted octanol–water partition coefficient (Wildman–Crippen LogP) is -0.169. The molecule has 2 atom stereocenters. The minimum absolute atomic E-state index is 0.00235. The van der Waals surface area contributed by atoms with Gasteiger partial charge in [-0.05, 0) is 32.0 Å². The van der Waals surface area contributed by atoms with Crippen molar-refractivity contribution in [1.29, 1.82) is 0 Å². The van der Waals surface area contributed by atoms with Gasteiger partial charge in [0.05, 0.1) is 17.5 Å². The average Bonchev–Trinajstić information content (AvgIpc) is 2.44. The normalized spacial score (nSPS) is 24.0. The molecule has 0 saturated heterocycles. The largest absolute Gasteiger partial charge is 0.485 e. The molecule has 0 bridgehead atoms. The Morgan fingerprint density at radius 2 is 2.05 bits per heavy atom. The molecule has 2 rings (SSSR count). The Kier molecular flexibility index (Phi) is 4.51. The highest BCUT2D eigenvalue weighted by Gasteiger charge is 2.41. The number of likely N-dealkylation sites (N-methyl/N-ethyl adjacent to an activating group) is 1. The monoisotopic (exact) mass is 330 g/mol. The summed E-state index contributed by atoms with van der Waals surface area (Å²) in [5.41, 5.74) is 5.64. The summed E-state index contributed by atoms with van der Waals surface area (Å²) in [4.78, 5) is 0.0492. The molecule has 1 aromatic carbocycles. The van der Waals surface area contributed by atoms with Gasteiger partial charge in [0.1, 0.15) is 17.5 Å². The fourth-order valence-electron chi connectivity index (χ4n) is 2.43. The van der Waals surface area contributed by atoms with E-state index in [2.05, 4.69) is 0 Å². The number of sulfonamides is 1. The van der Waals surface area contributed by atoms with E-state index >= 15 is 0 Å². The van der Waals surface area contributed by atoms with E-state index in [0.717, 1.165) is 4.31 Å². The maximum absolute atomic E-state index is 12.4. The highest BCUT2D eigenvalue weighted by molar-refractivity contribution is 7.89. The molecule has 8 heteroatoms. The first-order chi connectivity index (χ1) is 10.1. The van der Waals surface area contributed by atoms with Gasteiger partial charge in [0.15, 0.2) is 0 Å². The van der Waals surface area contributed by atoms with Crippen LogP contribution in [0.1, 0.15) is 25.5 Å². The lowest BCUT2D eigenvalue weighted by Gasteiger charge is -2.40. The molecule has 0 radical (unpaired) electrons. The summed E-state index contributed by atoms with van der Waals surface area (Å²) in [5, 5.41) is 19.1. The Morgan fingerprint density at radius 1 is 1.41 bits per heavy atom. The molecular formula is C14H22N2O5S. The summed E-state index contributed by atoms with van der Waals surface area (Å²) in [5.74, 6) is 0.464. The molecule has 0 fully saturated rings. The van der Waals surface area contributed by atoms with Crippen molar-refractivity contribution in [3.8, 4) is 5.75 Å². The van der Waals surface area contributed by atoms with Gasteiger partial charge in [-0.3, -0.25) is 0 Å². The quantitative estimate of drug-likeness (QED) is 0.706. The van der Waals surface area contributed by atoms with E-state index in [0.29, 0.717) is 11.3 Å². The summed E-state index contributed by atoms with van der Waals surface area (Å²) in [6, 6.07) is 3.66. The molecule has 0 unspecified atom stereocenters. The van der Waals surface area contributed by atoms with Crippen molar-refractivity contribution in [3.05, 3.63) is 23.8 Å². The average molecular weight is 330 g/mol. The number of aliphatic hydroxyl groups is 2. The number of hydrogen-bond donors (Lipinski definition) is 3. The van der Waals surface area contributed by atoms with Gasteiger partial charge in [-0.1, -0.05) is 0 Å². The smallest absolute Gasteiger partial charge is 0.242 e. The summed E-state index contributed by atoms with van der Waals surface area (Å²) in [6.07, 6.45) is -0.951. The highest BCUT2D eigenvalue weighted by Crippen LogP contribution is 2.39. The van der Waals surface area contributed by atoms with Crippen LogP contribution in [-0.4, -0.2) is 54.8 Å². The molecular weight excluding hydrogens is 308 g/mol. The zero-order valence-electron chi connectivity index (χ0n) is 12.9. The molecule has 124 valence electrons. The summed E-state index contributed by atoms with van der Waals surface area (Å²) < 4.78 is 31.5. The molecule has 22 heavy (non-hydrogen) atoms. The van der Waals surface area contributed by atoms with Crippen molar-refractivity contribution >= 4 is 10.0 Å². The summed E-state index contributed by atoms with van der Waals surface area (Å²) in [6.45, 7) is 3.17. The number of nitrogens with two attached hydrogens (primary N) is 1. The molecule has 0 amide bonds. The van der Waals surface area contributed by atoms with Crippen molar-refractivity contribution in [2.75, 3.05) is 20.2 Å². The van der Waals surface area contributed by atoms with Gasteiger partial charge in [-0.2, -0.15) is 4.31 Å². The Labute approximate surface area is 130 Å². The van der Waals surface area contributed by atoms with Gasteiger partial charge in [-0.15, -0.1) is 0 Å². The van der Waals surface area contributed by atoms with Crippen molar-refractivity contribution in [3.63, 3.8) is 0 Å². The van der Waals surface area contributed by atoms with Crippen LogP contribution in [0.3, 0.4) is 0 Å². The van der Waals surface area contributed by atoms with Crippen molar-refractivity contribution in [2.24, 2.45) is 5.73 Å². The van der Waals surface area contributed by atoms with Crippen LogP contribution in [0.25, 0.3) is 0 Å². The van der Waals surface area contributed by atoms with Crippen LogP contribution >= 0.6 is 0 Å². The minimum atomic E-state index is -3.72. The van der Waals surface area contributed by atoms with Crippen LogP contribution in [0.2, 0.25) is 0 Å². The maximum atomic E-state index is 12.4. The SMILES string of the molecule is CN(CCO)S(=O)(=O)c1ccc2c(c1)[C@@H](N)[C@H](O)C(C)(C)O2. The van der Waals surface area contributed by atoms with Gasteiger partial charge >= 0.3 is 0 Å². The van der Waals surface area contributed by atoms with E-state index < -0.39 is 27.8 Å². The molecule has 1 aliphatic rings. The van der Waals surface area contributed by atoms with Crippen LogP contribution in [0.5, 0.6) is 5.75 Å². The van der Waals surface area contributed by atoms with Crippen molar-refractivity contribution in [2.45, 2.75) is 36.5 Å². The Morgan fingerprint density at radius 3 is 2.64 bits per heavy atom. The topological polar surface area (TPSA) is 113 Å². The van der Waals surface area contributed by atoms with E-state index in [1.54, 1.807) is 19.9 Å². The third-order valence-electron chi connectivity index (χ3n) is 3.89. The first-order valence-electron chi connectivity index (χ1n) is 6.95. The molecule has 0 saturated carbocycles. The molecule has 1 aromatic rings. The summed E-state index contributed by atoms with van der Waals surface area (Å²) >= 11 is 0. The summed E-state index contributed by atoms with van der Waals surface area (Å²) in [7, 11) is -2.34. The van der Waals surface area contributed by atoms with E-state index in [-0.39, 0.29) is 18.0 Å². The lowest BCUT2D eigenvalue weighted by atomic mass is 9.87. The van der Waals surface area contributed by atoms with Crippen LogP contribution in [0.4, 0.5) is 0 Å². The van der Waals surface area contributed by atoms with Crippen molar-refractivity contribution < 1.29 is 23.4 Å². The number of aliphatic hydroxyl groups excluding tert-OH is 2. The third kappa shape index (κ3) is 2.84. The molecule has 1 heterocycles. The Hall–Kier alpha value is -1.19. The lowest BCUT2D eigenvalue weighted by molar-refractivity contribution is -0.0572. The number of nitrogens with zero attached hydrogens (tertiary/aromatic N) is 1. The first-order valence-corrected chi connectivity index (χ1v) is 8.39. The van der Waals surface area contributed by atoms with Crippen molar-refractivity contribution in [1.82, 2.24) is 4.31 Å². The van der Waals surface area contributed by atoms with Crippen LogP contribution < -0.4 is 10.5 Å². The second-order valence-electron chi connectivity index (χ2n) is 5.93. The second kappa shape index (κ2) is 5.78. The highest BCUT2D eigenvalue weighted by atomic mass is 32.2. The molecule has 7 nitrogen and oxygen atoms in total. The van der Waals surface area contributed by atoms with E-state index in [1.807, 2.05) is 0 Å². The Balaban J connectivity index is 2.45. The van der Waals surface area contributed by atoms with Gasteiger partial charge in [-0.25, -0.2) is 8.42 Å². The van der Waals surface area contributed by atoms with E-state index in [1.165, 1.54) is 19.2 Å². The first kappa shape index (κ1) is 17.2. The van der Waals surface area contributed by atoms with Crippen LogP contribution in [0, 0.1) is 0 Å².